The lowest BCUT2D eigenvalue weighted by Gasteiger charge is -2.24. The Kier molecular flexibility index (Phi) is 44.6. The van der Waals surface area contributed by atoms with Crippen LogP contribution < -0.4 is 5.32 Å². The van der Waals surface area contributed by atoms with Crippen molar-refractivity contribution in [1.29, 1.82) is 0 Å². The number of amides is 1. The molecule has 0 saturated carbocycles. The van der Waals surface area contributed by atoms with Crippen LogP contribution in [0, 0.1) is 0 Å². The normalized spacial score (nSPS) is 13.5. The van der Waals surface area contributed by atoms with Crippen molar-refractivity contribution in [3.8, 4) is 0 Å². The maximum Gasteiger partial charge on any atom is 0.306 e. The van der Waals surface area contributed by atoms with Gasteiger partial charge in [-0.15, -0.1) is 0 Å². The van der Waals surface area contributed by atoms with Gasteiger partial charge in [0.25, 0.3) is 0 Å². The number of unbranched alkanes of at least 4 members (excludes halogenated alkanes) is 29. The van der Waals surface area contributed by atoms with E-state index in [0.717, 1.165) is 70.6 Å². The van der Waals surface area contributed by atoms with Crippen LogP contribution in [0.2, 0.25) is 0 Å². The van der Waals surface area contributed by atoms with Crippen molar-refractivity contribution in [1.82, 2.24) is 5.32 Å². The molecule has 0 aliphatic rings. The molecule has 6 heteroatoms. The maximum absolute atomic E-state index is 13.2. The fraction of sp³-hybridized carbons (Fsp3) is 0.846. The number of allylic oxidation sites excluding steroid dienone is 6. The summed E-state index contributed by atoms with van der Waals surface area (Å²) >= 11 is 0. The second-order valence-corrected chi connectivity index (χ2v) is 17.3. The van der Waals surface area contributed by atoms with Gasteiger partial charge in [0.15, 0.2) is 0 Å². The Morgan fingerprint density at radius 3 is 1.40 bits per heavy atom. The van der Waals surface area contributed by atoms with E-state index in [9.17, 15) is 19.8 Å². The second kappa shape index (κ2) is 46.2. The van der Waals surface area contributed by atoms with E-state index in [2.05, 4.69) is 56.5 Å². The predicted molar refractivity (Wildman–Crippen MR) is 250 cm³/mol. The molecule has 3 atom stereocenters. The molecule has 0 aromatic rings. The highest BCUT2D eigenvalue weighted by Crippen LogP contribution is 2.18. The third-order valence-corrected chi connectivity index (χ3v) is 11.5. The van der Waals surface area contributed by atoms with Crippen molar-refractivity contribution in [3.05, 3.63) is 36.5 Å². The van der Waals surface area contributed by atoms with Crippen molar-refractivity contribution < 1.29 is 24.5 Å². The average molecular weight is 816 g/mol. The lowest BCUT2D eigenvalue weighted by Crippen LogP contribution is -2.46. The molecular formula is C52H97NO5. The standard InChI is InChI=1S/C52H97NO5/c1-4-7-10-13-16-19-22-24-25-26-27-30-33-36-39-42-45-52(57)58-48(43-40-37-34-31-28-21-18-15-12-9-6-3)46-51(56)53-49(47-54)50(55)44-41-38-35-32-29-23-20-17-14-11-8-5-2/h9,12,15,18,21,28,48-50,54-55H,4-8,10-11,13-14,16-17,19-20,22-27,29-47H2,1-3H3,(H,53,56)/b12-9+,18-15+,28-21-. The first-order chi connectivity index (χ1) is 28.5. The number of aliphatic hydroxyl groups excluding tert-OH is 2. The van der Waals surface area contributed by atoms with Gasteiger partial charge in [-0.25, -0.2) is 0 Å². The predicted octanol–water partition coefficient (Wildman–Crippen LogP) is 14.9. The zero-order chi connectivity index (χ0) is 42.4. The molecule has 0 spiro atoms. The summed E-state index contributed by atoms with van der Waals surface area (Å²) in [5, 5.41) is 23.7. The fourth-order valence-electron chi connectivity index (χ4n) is 7.73. The van der Waals surface area contributed by atoms with Crippen LogP contribution in [0.1, 0.15) is 258 Å². The van der Waals surface area contributed by atoms with Crippen LogP contribution in [-0.4, -0.2) is 46.9 Å². The van der Waals surface area contributed by atoms with E-state index in [1.165, 1.54) is 141 Å². The van der Waals surface area contributed by atoms with Crippen LogP contribution >= 0.6 is 0 Å². The molecule has 1 amide bonds. The third kappa shape index (κ3) is 40.8. The van der Waals surface area contributed by atoms with Crippen molar-refractivity contribution in [2.24, 2.45) is 0 Å². The Balaban J connectivity index is 4.53. The highest BCUT2D eigenvalue weighted by atomic mass is 16.5. The molecule has 0 aromatic heterocycles. The number of nitrogens with one attached hydrogen (secondary N) is 1. The molecule has 0 saturated heterocycles. The number of hydrogen-bond donors (Lipinski definition) is 3. The summed E-state index contributed by atoms with van der Waals surface area (Å²) in [7, 11) is 0. The van der Waals surface area contributed by atoms with Gasteiger partial charge in [0.2, 0.25) is 5.91 Å². The Morgan fingerprint density at radius 2 is 0.931 bits per heavy atom. The SMILES string of the molecule is CC/C=C/C=C/C=C\CCCCCC(CC(=O)NC(CO)C(O)CCCCCCCCCCCCCC)OC(=O)CCCCCCCCCCCCCCCCCC. The van der Waals surface area contributed by atoms with Gasteiger partial charge in [-0.1, -0.05) is 237 Å². The summed E-state index contributed by atoms with van der Waals surface area (Å²) < 4.78 is 5.91. The molecule has 3 N–H and O–H groups in total. The van der Waals surface area contributed by atoms with Crippen molar-refractivity contribution in [2.45, 2.75) is 277 Å². The fourth-order valence-corrected chi connectivity index (χ4v) is 7.73. The number of hydrogen-bond acceptors (Lipinski definition) is 5. The van der Waals surface area contributed by atoms with E-state index in [1.807, 2.05) is 6.08 Å². The first-order valence-corrected chi connectivity index (χ1v) is 25.2. The molecule has 0 fully saturated rings. The Labute approximate surface area is 360 Å². The van der Waals surface area contributed by atoms with Crippen molar-refractivity contribution in [2.75, 3.05) is 6.61 Å². The number of carbonyl (C=O) groups is 2. The van der Waals surface area contributed by atoms with Gasteiger partial charge in [-0.05, 0) is 44.9 Å². The largest absolute Gasteiger partial charge is 0.462 e. The molecule has 6 nitrogen and oxygen atoms in total. The summed E-state index contributed by atoms with van der Waals surface area (Å²) in [6.07, 6.45) is 53.5. The summed E-state index contributed by atoms with van der Waals surface area (Å²) in [6.45, 7) is 6.34. The van der Waals surface area contributed by atoms with E-state index in [0.29, 0.717) is 19.3 Å². The lowest BCUT2D eigenvalue weighted by molar-refractivity contribution is -0.151. The topological polar surface area (TPSA) is 95.9 Å². The highest BCUT2D eigenvalue weighted by molar-refractivity contribution is 5.77. The number of aliphatic hydroxyl groups is 2. The number of esters is 1. The molecule has 58 heavy (non-hydrogen) atoms. The smallest absolute Gasteiger partial charge is 0.306 e. The maximum atomic E-state index is 13.2. The van der Waals surface area contributed by atoms with Crippen LogP contribution in [0.3, 0.4) is 0 Å². The Hall–Kier alpha value is -1.92. The summed E-state index contributed by atoms with van der Waals surface area (Å²) in [5.41, 5.74) is 0. The Bertz CT molecular complexity index is 961. The van der Waals surface area contributed by atoms with Gasteiger partial charge in [0.1, 0.15) is 6.10 Å². The molecular weight excluding hydrogens is 719 g/mol. The zero-order valence-corrected chi connectivity index (χ0v) is 38.7. The van der Waals surface area contributed by atoms with Gasteiger partial charge in [0, 0.05) is 6.42 Å². The quantitative estimate of drug-likeness (QED) is 0.0323. The third-order valence-electron chi connectivity index (χ3n) is 11.5. The van der Waals surface area contributed by atoms with Crippen LogP contribution in [0.25, 0.3) is 0 Å². The van der Waals surface area contributed by atoms with E-state index in [1.54, 1.807) is 0 Å². The van der Waals surface area contributed by atoms with E-state index in [4.69, 9.17) is 4.74 Å². The molecule has 0 bridgehead atoms. The molecule has 0 radical (unpaired) electrons. The lowest BCUT2D eigenvalue weighted by atomic mass is 10.0. The van der Waals surface area contributed by atoms with Gasteiger partial charge in [-0.3, -0.25) is 9.59 Å². The summed E-state index contributed by atoms with van der Waals surface area (Å²) in [4.78, 5) is 26.1. The average Bonchev–Trinajstić information content (AvgIpc) is 3.22. The van der Waals surface area contributed by atoms with Crippen molar-refractivity contribution in [3.63, 3.8) is 0 Å². The van der Waals surface area contributed by atoms with Gasteiger partial charge in [-0.2, -0.15) is 0 Å². The Morgan fingerprint density at radius 1 is 0.517 bits per heavy atom. The summed E-state index contributed by atoms with van der Waals surface area (Å²) in [5.74, 6) is -0.499. The minimum absolute atomic E-state index is 0.0580. The van der Waals surface area contributed by atoms with E-state index in [-0.39, 0.29) is 24.9 Å². The van der Waals surface area contributed by atoms with Gasteiger partial charge in [0.05, 0.1) is 25.2 Å². The monoisotopic (exact) mass is 816 g/mol. The molecule has 0 rings (SSSR count). The van der Waals surface area contributed by atoms with Crippen LogP contribution in [0.4, 0.5) is 0 Å². The van der Waals surface area contributed by atoms with E-state index < -0.39 is 18.2 Å². The minimum Gasteiger partial charge on any atom is -0.462 e. The van der Waals surface area contributed by atoms with Gasteiger partial charge >= 0.3 is 5.97 Å². The molecule has 0 aliphatic carbocycles. The number of rotatable bonds is 45. The molecule has 3 unspecified atom stereocenters. The molecule has 0 heterocycles. The number of ether oxygens (including phenoxy) is 1. The molecule has 0 aromatic carbocycles. The summed E-state index contributed by atoms with van der Waals surface area (Å²) in [6, 6.07) is -0.708. The molecule has 340 valence electrons. The van der Waals surface area contributed by atoms with Crippen LogP contribution in [-0.2, 0) is 14.3 Å². The first kappa shape index (κ1) is 56.1. The first-order valence-electron chi connectivity index (χ1n) is 25.2. The van der Waals surface area contributed by atoms with E-state index >= 15 is 0 Å². The minimum atomic E-state index is -0.793. The molecule has 0 aliphatic heterocycles. The zero-order valence-electron chi connectivity index (χ0n) is 38.7. The van der Waals surface area contributed by atoms with Gasteiger partial charge < -0.3 is 20.3 Å². The highest BCUT2D eigenvalue weighted by Gasteiger charge is 2.24. The van der Waals surface area contributed by atoms with Crippen LogP contribution in [0.15, 0.2) is 36.5 Å². The second-order valence-electron chi connectivity index (χ2n) is 17.3. The van der Waals surface area contributed by atoms with Crippen molar-refractivity contribution >= 4 is 11.9 Å². The van der Waals surface area contributed by atoms with Crippen LogP contribution in [0.5, 0.6) is 0 Å². The number of carbonyl (C=O) groups excluding carboxylic acids is 2.